The van der Waals surface area contributed by atoms with Gasteiger partial charge in [-0.05, 0) is 62.0 Å². The van der Waals surface area contributed by atoms with Crippen LogP contribution in [0.25, 0.3) is 0 Å². The maximum absolute atomic E-state index is 11.9. The van der Waals surface area contributed by atoms with Crippen molar-refractivity contribution in [2.45, 2.75) is 129 Å². The van der Waals surface area contributed by atoms with E-state index in [9.17, 15) is 9.59 Å². The maximum Gasteiger partial charge on any atom is 0.305 e. The molecule has 3 atom stereocenters. The molecule has 1 fully saturated rings. The molecule has 1 saturated carbocycles. The molecule has 1 aliphatic rings. The van der Waals surface area contributed by atoms with Gasteiger partial charge in [0.25, 0.3) is 0 Å². The molecule has 1 aliphatic carbocycles. The van der Waals surface area contributed by atoms with Gasteiger partial charge in [0.1, 0.15) is 6.10 Å². The first kappa shape index (κ1) is 34.8. The highest BCUT2D eigenvalue weighted by molar-refractivity contribution is 5.69. The summed E-state index contributed by atoms with van der Waals surface area (Å²) < 4.78 is 24.3. The van der Waals surface area contributed by atoms with Crippen molar-refractivity contribution >= 4 is 11.9 Å². The molecule has 0 heterocycles. The van der Waals surface area contributed by atoms with Gasteiger partial charge in [-0.15, -0.1) is 0 Å². The van der Waals surface area contributed by atoms with Crippen LogP contribution >= 0.6 is 0 Å². The molecular formula is C37H54O6. The van der Waals surface area contributed by atoms with Crippen molar-refractivity contribution in [3.05, 3.63) is 71.8 Å². The summed E-state index contributed by atoms with van der Waals surface area (Å²) in [6, 6.07) is 20.7. The summed E-state index contributed by atoms with van der Waals surface area (Å²) in [5.41, 5.74) is 2.28. The van der Waals surface area contributed by atoms with Crippen LogP contribution in [-0.2, 0) is 41.8 Å². The third-order valence-electron chi connectivity index (χ3n) is 8.84. The van der Waals surface area contributed by atoms with Gasteiger partial charge in [-0.2, -0.15) is 0 Å². The van der Waals surface area contributed by atoms with E-state index in [0.29, 0.717) is 25.6 Å². The Morgan fingerprint density at radius 1 is 0.814 bits per heavy atom. The number of unbranched alkanes of at least 4 members (excludes halogenated alkanes) is 5. The number of ether oxygens (including phenoxy) is 4. The minimum absolute atomic E-state index is 0.0338. The highest BCUT2D eigenvalue weighted by Gasteiger charge is 2.50. The first-order chi connectivity index (χ1) is 21.0. The quantitative estimate of drug-likeness (QED) is 0.0816. The molecule has 43 heavy (non-hydrogen) atoms. The molecule has 2 aromatic carbocycles. The van der Waals surface area contributed by atoms with E-state index >= 15 is 0 Å². The smallest absolute Gasteiger partial charge is 0.305 e. The fraction of sp³-hybridized carbons (Fsp3) is 0.622. The predicted molar refractivity (Wildman–Crippen MR) is 170 cm³/mol. The van der Waals surface area contributed by atoms with Crippen molar-refractivity contribution in [3.8, 4) is 0 Å². The monoisotopic (exact) mass is 594 g/mol. The second kappa shape index (κ2) is 19.6. The maximum atomic E-state index is 11.9. The standard InChI is InChI=1S/C37H54O6/c1-4-5-10-21-34(43-30(2)38)25-24-33-26-27-37(41-28-31-17-11-8-12-18-31,42-29-32-19-13-9-14-20-32)35(33)22-15-6-7-16-23-36(39)40-3/h8-9,11-14,17-20,33-35H,4-7,10,15-16,21-29H2,1-3H3/t33-,34-,35+/m0/s1. The van der Waals surface area contributed by atoms with E-state index in [1.165, 1.54) is 14.0 Å². The van der Waals surface area contributed by atoms with Crippen LogP contribution < -0.4 is 0 Å². The minimum atomic E-state index is -0.679. The molecule has 0 N–H and O–H groups in total. The molecule has 3 rings (SSSR count). The zero-order chi connectivity index (χ0) is 30.8. The van der Waals surface area contributed by atoms with Crippen molar-refractivity contribution in [1.82, 2.24) is 0 Å². The van der Waals surface area contributed by atoms with E-state index in [4.69, 9.17) is 18.9 Å². The Bertz CT molecular complexity index is 996. The Balaban J connectivity index is 1.75. The van der Waals surface area contributed by atoms with E-state index in [2.05, 4.69) is 31.2 Å². The molecule has 6 nitrogen and oxygen atoms in total. The number of rotatable bonds is 21. The lowest BCUT2D eigenvalue weighted by Crippen LogP contribution is -2.41. The number of hydrogen-bond acceptors (Lipinski definition) is 6. The zero-order valence-corrected chi connectivity index (χ0v) is 26.8. The van der Waals surface area contributed by atoms with E-state index in [1.807, 2.05) is 36.4 Å². The van der Waals surface area contributed by atoms with Crippen LogP contribution in [-0.4, -0.2) is 30.9 Å². The Kier molecular flexibility index (Phi) is 15.8. The van der Waals surface area contributed by atoms with Gasteiger partial charge in [0.15, 0.2) is 5.79 Å². The lowest BCUT2D eigenvalue weighted by Gasteiger charge is -2.38. The molecule has 238 valence electrons. The highest BCUT2D eigenvalue weighted by atomic mass is 16.7. The molecule has 6 heteroatoms. The molecular weight excluding hydrogens is 540 g/mol. The summed E-state index contributed by atoms with van der Waals surface area (Å²) in [7, 11) is 1.45. The Morgan fingerprint density at radius 2 is 1.44 bits per heavy atom. The molecule has 0 bridgehead atoms. The van der Waals surface area contributed by atoms with Gasteiger partial charge in [0.05, 0.1) is 20.3 Å². The average Bonchev–Trinajstić information content (AvgIpc) is 3.37. The van der Waals surface area contributed by atoms with Crippen molar-refractivity contribution in [2.24, 2.45) is 11.8 Å². The second-order valence-electron chi connectivity index (χ2n) is 12.1. The summed E-state index contributed by atoms with van der Waals surface area (Å²) in [6.45, 7) is 4.73. The summed E-state index contributed by atoms with van der Waals surface area (Å²) in [6.07, 6.45) is 13.4. The van der Waals surface area contributed by atoms with Crippen molar-refractivity contribution < 1.29 is 28.5 Å². The largest absolute Gasteiger partial charge is 0.469 e. The van der Waals surface area contributed by atoms with Gasteiger partial charge in [-0.3, -0.25) is 9.59 Å². The first-order valence-electron chi connectivity index (χ1n) is 16.6. The Labute approximate surface area is 259 Å². The van der Waals surface area contributed by atoms with E-state index in [0.717, 1.165) is 94.6 Å². The van der Waals surface area contributed by atoms with Crippen LogP contribution in [0.4, 0.5) is 0 Å². The fourth-order valence-corrected chi connectivity index (χ4v) is 6.50. The fourth-order valence-electron chi connectivity index (χ4n) is 6.50. The summed E-state index contributed by atoms with van der Waals surface area (Å²) >= 11 is 0. The SMILES string of the molecule is CCCCC[C@@H](CC[C@H]1CCC(OCc2ccccc2)(OCc2ccccc2)[C@@H]1CCCCCCC(=O)OC)OC(C)=O. The summed E-state index contributed by atoms with van der Waals surface area (Å²) in [5.74, 6) is -0.357. The number of carbonyl (C=O) groups is 2. The molecule has 0 unspecified atom stereocenters. The number of methoxy groups -OCH3 is 1. The number of carbonyl (C=O) groups excluding carboxylic acids is 2. The Morgan fingerprint density at radius 3 is 2.02 bits per heavy atom. The van der Waals surface area contributed by atoms with Gasteiger partial charge >= 0.3 is 11.9 Å². The van der Waals surface area contributed by atoms with E-state index in [1.54, 1.807) is 0 Å². The van der Waals surface area contributed by atoms with Crippen molar-refractivity contribution in [1.29, 1.82) is 0 Å². The molecule has 0 saturated heterocycles. The van der Waals surface area contributed by atoms with Gasteiger partial charge < -0.3 is 18.9 Å². The molecule has 0 amide bonds. The van der Waals surface area contributed by atoms with Gasteiger partial charge in [0, 0.05) is 25.7 Å². The third kappa shape index (κ3) is 12.4. The average molecular weight is 595 g/mol. The van der Waals surface area contributed by atoms with Gasteiger partial charge in [-0.25, -0.2) is 0 Å². The molecule has 0 aromatic heterocycles. The van der Waals surface area contributed by atoms with Crippen LogP contribution in [0.5, 0.6) is 0 Å². The molecule has 0 aliphatic heterocycles. The predicted octanol–water partition coefficient (Wildman–Crippen LogP) is 8.95. The van der Waals surface area contributed by atoms with Crippen LogP contribution in [0.15, 0.2) is 60.7 Å². The topological polar surface area (TPSA) is 71.1 Å². The number of benzene rings is 2. The number of esters is 2. The molecule has 2 aromatic rings. The normalized spacial score (nSPS) is 18.3. The second-order valence-corrected chi connectivity index (χ2v) is 12.1. The summed E-state index contributed by atoms with van der Waals surface area (Å²) in [4.78, 5) is 23.4. The van der Waals surface area contributed by atoms with Crippen molar-refractivity contribution in [3.63, 3.8) is 0 Å². The third-order valence-corrected chi connectivity index (χ3v) is 8.84. The minimum Gasteiger partial charge on any atom is -0.469 e. The van der Waals surface area contributed by atoms with E-state index < -0.39 is 5.79 Å². The lowest BCUT2D eigenvalue weighted by molar-refractivity contribution is -0.273. The van der Waals surface area contributed by atoms with Crippen molar-refractivity contribution in [2.75, 3.05) is 7.11 Å². The summed E-state index contributed by atoms with van der Waals surface area (Å²) in [5, 5.41) is 0. The van der Waals surface area contributed by atoms with Gasteiger partial charge in [0.2, 0.25) is 0 Å². The van der Waals surface area contributed by atoms with Gasteiger partial charge in [-0.1, -0.05) is 99.7 Å². The Hall–Kier alpha value is -2.70. The molecule has 0 radical (unpaired) electrons. The molecule has 0 spiro atoms. The zero-order valence-electron chi connectivity index (χ0n) is 26.8. The van der Waals surface area contributed by atoms with Crippen LogP contribution in [0.1, 0.15) is 115 Å². The van der Waals surface area contributed by atoms with Crippen LogP contribution in [0.2, 0.25) is 0 Å². The van der Waals surface area contributed by atoms with Crippen LogP contribution in [0, 0.1) is 11.8 Å². The highest BCUT2D eigenvalue weighted by Crippen LogP contribution is 2.49. The first-order valence-corrected chi connectivity index (χ1v) is 16.6. The lowest BCUT2D eigenvalue weighted by atomic mass is 9.83. The van der Waals surface area contributed by atoms with E-state index in [-0.39, 0.29) is 24.0 Å². The number of hydrogen-bond donors (Lipinski definition) is 0. The van der Waals surface area contributed by atoms with Crippen LogP contribution in [0.3, 0.4) is 0 Å².